The van der Waals surface area contributed by atoms with E-state index in [0.717, 1.165) is 23.9 Å². The summed E-state index contributed by atoms with van der Waals surface area (Å²) in [5.41, 5.74) is -0.396. The van der Waals surface area contributed by atoms with Crippen LogP contribution in [0.25, 0.3) is 0 Å². The van der Waals surface area contributed by atoms with Gasteiger partial charge < -0.3 is 4.90 Å². The summed E-state index contributed by atoms with van der Waals surface area (Å²) in [5, 5.41) is 10.4. The number of carbonyl (C=O) groups excluding carboxylic acids is 2. The molecule has 0 spiro atoms. The number of benzene rings is 1. The molecule has 1 aliphatic rings. The molecule has 0 N–H and O–H groups in total. The van der Waals surface area contributed by atoms with E-state index in [9.17, 15) is 24.1 Å². The lowest BCUT2D eigenvalue weighted by Crippen LogP contribution is -2.25. The van der Waals surface area contributed by atoms with Crippen LogP contribution in [0.15, 0.2) is 18.2 Å². The first kappa shape index (κ1) is 14.4. The molecule has 1 unspecified atom stereocenters. The van der Waals surface area contributed by atoms with E-state index in [2.05, 4.69) is 0 Å². The van der Waals surface area contributed by atoms with Crippen LogP contribution in [0, 0.1) is 15.9 Å². The van der Waals surface area contributed by atoms with Crippen LogP contribution in [0.3, 0.4) is 0 Å². The number of amides is 1. The molecule has 0 bridgehead atoms. The summed E-state index contributed by atoms with van der Waals surface area (Å²) in [4.78, 5) is 34.1. The van der Waals surface area contributed by atoms with Gasteiger partial charge in [-0.25, -0.2) is 0 Å². The fourth-order valence-electron chi connectivity index (χ4n) is 2.05. The summed E-state index contributed by atoms with van der Waals surface area (Å²) in [6.45, 7) is 1.70. The van der Waals surface area contributed by atoms with E-state index in [1.165, 1.54) is 17.9 Å². The number of thioether (sulfide) groups is 1. The summed E-state index contributed by atoms with van der Waals surface area (Å²) in [6, 6.07) is 3.32. The predicted octanol–water partition coefficient (Wildman–Crippen LogP) is 2.12. The zero-order valence-electron chi connectivity index (χ0n) is 10.5. The van der Waals surface area contributed by atoms with Crippen LogP contribution in [-0.2, 0) is 9.59 Å². The molecule has 0 aliphatic carbocycles. The maximum atomic E-state index is 13.3. The van der Waals surface area contributed by atoms with Crippen molar-refractivity contribution in [3.63, 3.8) is 0 Å². The number of hydrogen-bond acceptors (Lipinski definition) is 5. The van der Waals surface area contributed by atoms with Gasteiger partial charge >= 0.3 is 5.69 Å². The van der Waals surface area contributed by atoms with Crippen molar-refractivity contribution in [2.45, 2.75) is 18.6 Å². The van der Waals surface area contributed by atoms with Crippen LogP contribution in [0.5, 0.6) is 0 Å². The first-order valence-electron chi connectivity index (χ1n) is 5.80. The standard InChI is InChI=1S/C12H11FN2O4S/c1-7(16)20-9-5-12(17)14(6-9)8-2-3-10(13)11(4-8)15(18)19/h2-4,9H,5-6H2,1H3. The summed E-state index contributed by atoms with van der Waals surface area (Å²) in [7, 11) is 0. The molecule has 1 aromatic carbocycles. The molecule has 106 valence electrons. The highest BCUT2D eigenvalue weighted by Crippen LogP contribution is 2.31. The van der Waals surface area contributed by atoms with E-state index in [0.29, 0.717) is 0 Å². The Kier molecular flexibility index (Phi) is 4.03. The Labute approximate surface area is 118 Å². The highest BCUT2D eigenvalue weighted by molar-refractivity contribution is 8.14. The second-order valence-electron chi connectivity index (χ2n) is 4.33. The SMILES string of the molecule is CC(=O)SC1CC(=O)N(c2ccc(F)c([N+](=O)[O-])c2)C1. The fourth-order valence-corrected chi connectivity index (χ4v) is 2.97. The van der Waals surface area contributed by atoms with Gasteiger partial charge in [-0.15, -0.1) is 0 Å². The van der Waals surface area contributed by atoms with Crippen molar-refractivity contribution in [2.75, 3.05) is 11.4 Å². The first-order chi connectivity index (χ1) is 9.38. The fraction of sp³-hybridized carbons (Fsp3) is 0.333. The van der Waals surface area contributed by atoms with E-state index in [4.69, 9.17) is 0 Å². The van der Waals surface area contributed by atoms with E-state index >= 15 is 0 Å². The van der Waals surface area contributed by atoms with Crippen molar-refractivity contribution in [3.8, 4) is 0 Å². The Morgan fingerprint density at radius 2 is 2.25 bits per heavy atom. The zero-order valence-corrected chi connectivity index (χ0v) is 11.4. The topological polar surface area (TPSA) is 80.5 Å². The Morgan fingerprint density at radius 1 is 1.55 bits per heavy atom. The highest BCUT2D eigenvalue weighted by atomic mass is 32.2. The van der Waals surface area contributed by atoms with Gasteiger partial charge in [0.1, 0.15) is 0 Å². The molecule has 1 saturated heterocycles. The smallest absolute Gasteiger partial charge is 0.306 e. The number of nitro groups is 1. The van der Waals surface area contributed by atoms with E-state index in [1.807, 2.05) is 0 Å². The van der Waals surface area contributed by atoms with Crippen LogP contribution >= 0.6 is 11.8 Å². The third-order valence-corrected chi connectivity index (χ3v) is 3.84. The zero-order chi connectivity index (χ0) is 14.9. The maximum absolute atomic E-state index is 13.3. The van der Waals surface area contributed by atoms with Crippen LogP contribution in [0.2, 0.25) is 0 Å². The molecule has 1 aromatic rings. The van der Waals surface area contributed by atoms with Gasteiger partial charge in [-0.3, -0.25) is 19.7 Å². The van der Waals surface area contributed by atoms with Crippen LogP contribution in [0.1, 0.15) is 13.3 Å². The summed E-state index contributed by atoms with van der Waals surface area (Å²) in [6.07, 6.45) is 0.190. The molecule has 8 heteroatoms. The molecule has 2 rings (SSSR count). The second-order valence-corrected chi connectivity index (χ2v) is 5.81. The molecule has 0 radical (unpaired) electrons. The first-order valence-corrected chi connectivity index (χ1v) is 6.68. The Balaban J connectivity index is 2.24. The van der Waals surface area contributed by atoms with Crippen molar-refractivity contribution in [1.82, 2.24) is 0 Å². The van der Waals surface area contributed by atoms with E-state index in [-0.39, 0.29) is 34.9 Å². The van der Waals surface area contributed by atoms with Crippen molar-refractivity contribution < 1.29 is 18.9 Å². The minimum absolute atomic E-state index is 0.0882. The van der Waals surface area contributed by atoms with E-state index < -0.39 is 16.4 Å². The van der Waals surface area contributed by atoms with Crippen molar-refractivity contribution in [2.24, 2.45) is 0 Å². The highest BCUT2D eigenvalue weighted by Gasteiger charge is 2.32. The molecule has 0 aromatic heterocycles. The van der Waals surface area contributed by atoms with Crippen LogP contribution in [0.4, 0.5) is 15.8 Å². The number of hydrogen-bond donors (Lipinski definition) is 0. The summed E-state index contributed by atoms with van der Waals surface area (Å²) in [5.74, 6) is -1.18. The summed E-state index contributed by atoms with van der Waals surface area (Å²) >= 11 is 1.07. The number of nitro benzene ring substituents is 1. The number of nitrogens with zero attached hydrogens (tertiary/aromatic N) is 2. The largest absolute Gasteiger partial charge is 0.311 e. The lowest BCUT2D eigenvalue weighted by molar-refractivity contribution is -0.387. The predicted molar refractivity (Wildman–Crippen MR) is 72.1 cm³/mol. The molecule has 0 saturated carbocycles. The quantitative estimate of drug-likeness (QED) is 0.630. The van der Waals surface area contributed by atoms with E-state index in [1.54, 1.807) is 0 Å². The minimum atomic E-state index is -0.944. The van der Waals surface area contributed by atoms with Gasteiger partial charge in [0.15, 0.2) is 5.12 Å². The van der Waals surface area contributed by atoms with Crippen molar-refractivity contribution in [3.05, 3.63) is 34.1 Å². The van der Waals surface area contributed by atoms with Crippen molar-refractivity contribution in [1.29, 1.82) is 0 Å². The molecule has 6 nitrogen and oxygen atoms in total. The number of halogens is 1. The average Bonchev–Trinajstić information content (AvgIpc) is 2.69. The van der Waals surface area contributed by atoms with Crippen LogP contribution in [-0.4, -0.2) is 27.7 Å². The van der Waals surface area contributed by atoms with Gasteiger partial charge in [-0.2, -0.15) is 4.39 Å². The lowest BCUT2D eigenvalue weighted by Gasteiger charge is -2.16. The maximum Gasteiger partial charge on any atom is 0.306 e. The minimum Gasteiger partial charge on any atom is -0.311 e. The Hall–Kier alpha value is -1.96. The van der Waals surface area contributed by atoms with Gasteiger partial charge in [0.25, 0.3) is 0 Å². The van der Waals surface area contributed by atoms with Gasteiger partial charge in [0, 0.05) is 31.2 Å². The van der Waals surface area contributed by atoms with Gasteiger partial charge in [0.05, 0.1) is 10.6 Å². The van der Waals surface area contributed by atoms with Crippen LogP contribution < -0.4 is 4.90 Å². The van der Waals surface area contributed by atoms with Crippen molar-refractivity contribution >= 4 is 34.2 Å². The monoisotopic (exact) mass is 298 g/mol. The molecule has 20 heavy (non-hydrogen) atoms. The van der Waals surface area contributed by atoms with Gasteiger partial charge in [-0.1, -0.05) is 11.8 Å². The molecule has 1 atom stereocenters. The Bertz CT molecular complexity index is 593. The van der Waals surface area contributed by atoms with Gasteiger partial charge in [0.2, 0.25) is 11.7 Å². The lowest BCUT2D eigenvalue weighted by atomic mass is 10.2. The third kappa shape index (κ3) is 2.96. The number of anilines is 1. The third-order valence-electron chi connectivity index (χ3n) is 2.86. The molecule has 1 heterocycles. The number of rotatable bonds is 3. The molecular formula is C12H11FN2O4S. The normalized spacial score (nSPS) is 18.4. The summed E-state index contributed by atoms with van der Waals surface area (Å²) < 4.78 is 13.3. The Morgan fingerprint density at radius 3 is 2.85 bits per heavy atom. The second kappa shape index (κ2) is 5.58. The molecule has 1 aliphatic heterocycles. The van der Waals surface area contributed by atoms with Gasteiger partial charge in [-0.05, 0) is 12.1 Å². The number of carbonyl (C=O) groups is 2. The molecular weight excluding hydrogens is 287 g/mol. The average molecular weight is 298 g/mol. The molecule has 1 amide bonds. The molecule has 1 fully saturated rings.